The zero-order valence-electron chi connectivity index (χ0n) is 23.7. The second-order valence-corrected chi connectivity index (χ2v) is 11.6. The van der Waals surface area contributed by atoms with Crippen LogP contribution in [0.25, 0.3) is 0 Å². The summed E-state index contributed by atoms with van der Waals surface area (Å²) < 4.78 is 6.88. The minimum atomic E-state index is -1.11. The summed E-state index contributed by atoms with van der Waals surface area (Å²) in [5.41, 5.74) is -1.36. The molecule has 1 N–H and O–H groups in total. The van der Waals surface area contributed by atoms with Gasteiger partial charge < -0.3 is 24.5 Å². The van der Waals surface area contributed by atoms with Crippen LogP contribution in [0.4, 0.5) is 5.69 Å². The molecule has 0 aromatic heterocycles. The molecule has 0 saturated carbocycles. The number of halogens is 1. The van der Waals surface area contributed by atoms with Gasteiger partial charge in [0.2, 0.25) is 11.8 Å². The van der Waals surface area contributed by atoms with E-state index in [-0.39, 0.29) is 30.9 Å². The summed E-state index contributed by atoms with van der Waals surface area (Å²) in [7, 11) is 1.72. The second kappa shape index (κ2) is 12.5. The number of hydrogen-bond donors (Lipinski definition) is 1. The number of amides is 3. The topological polar surface area (TPSA) is 90.4 Å². The highest BCUT2D eigenvalue weighted by molar-refractivity contribution is 6.34. The van der Waals surface area contributed by atoms with E-state index >= 15 is 0 Å². The van der Waals surface area contributed by atoms with Gasteiger partial charge in [-0.15, -0.1) is 13.2 Å². The van der Waals surface area contributed by atoms with E-state index in [4.69, 9.17) is 16.3 Å². The van der Waals surface area contributed by atoms with E-state index in [2.05, 4.69) is 13.2 Å². The van der Waals surface area contributed by atoms with Crippen LogP contribution in [0.15, 0.2) is 49.6 Å². The average Bonchev–Trinajstić information content (AvgIpc) is 3.55. The van der Waals surface area contributed by atoms with Crippen LogP contribution in [0.1, 0.15) is 51.9 Å². The van der Waals surface area contributed by atoms with Crippen molar-refractivity contribution in [2.75, 3.05) is 38.2 Å². The molecule has 3 saturated heterocycles. The van der Waals surface area contributed by atoms with E-state index < -0.39 is 29.1 Å². The highest BCUT2D eigenvalue weighted by atomic mass is 35.5. The minimum absolute atomic E-state index is 0.123. The van der Waals surface area contributed by atoms with Gasteiger partial charge in [-0.2, -0.15) is 0 Å². The number of hydrogen-bond acceptors (Lipinski definition) is 5. The molecule has 9 heteroatoms. The second-order valence-electron chi connectivity index (χ2n) is 11.2. The van der Waals surface area contributed by atoms with Crippen molar-refractivity contribution in [3.8, 4) is 0 Å². The lowest BCUT2D eigenvalue weighted by Gasteiger charge is -2.37. The number of aliphatic hydroxyl groups excluding tert-OH is 1. The van der Waals surface area contributed by atoms with Crippen LogP contribution in [0.3, 0.4) is 0 Å². The lowest BCUT2D eigenvalue weighted by molar-refractivity contribution is -0.150. The molecular formula is C31H42ClN3O5. The van der Waals surface area contributed by atoms with Crippen LogP contribution >= 0.6 is 11.6 Å². The monoisotopic (exact) mass is 571 g/mol. The SMILES string of the molecule is C=CCN(C)C(=O)[C@H]1[C@H]2C(=O)N(CCCCCCO)C(C(=O)N(CC=C)c3ccccc3Cl)C23CC[C@]1(CC)O3. The molecule has 40 heavy (non-hydrogen) atoms. The Kier molecular flexibility index (Phi) is 9.43. The molecule has 0 aliphatic carbocycles. The molecule has 0 radical (unpaired) electrons. The van der Waals surface area contributed by atoms with Crippen LogP contribution < -0.4 is 4.90 Å². The number of benzene rings is 1. The standard InChI is InChI=1S/C31H42ClN3O5/c1-5-18-33(4)27(37)24-25-28(38)35(20-12-8-9-13-21-36)26(31(25)17-16-30(24,7-3)40-31)29(39)34(19-6-2)23-15-11-10-14-22(23)32/h5-6,10-11,14-15,24-26,36H,1-2,7-9,12-13,16-21H2,3-4H3/t24-,25+,26?,30+,31?/m1/s1. The third-order valence-electron chi connectivity index (χ3n) is 8.99. The number of anilines is 1. The van der Waals surface area contributed by atoms with E-state index in [0.29, 0.717) is 55.9 Å². The summed E-state index contributed by atoms with van der Waals surface area (Å²) in [6.45, 7) is 10.7. The normalized spacial score (nSPS) is 28.4. The van der Waals surface area contributed by atoms with Gasteiger partial charge in [0.15, 0.2) is 0 Å². The number of likely N-dealkylation sites (tertiary alicyclic amines) is 1. The Morgan fingerprint density at radius 3 is 2.48 bits per heavy atom. The molecule has 3 aliphatic heterocycles. The molecule has 3 fully saturated rings. The first-order valence-electron chi connectivity index (χ1n) is 14.4. The third-order valence-corrected chi connectivity index (χ3v) is 9.31. The van der Waals surface area contributed by atoms with Gasteiger partial charge in [0.05, 0.1) is 28.1 Å². The van der Waals surface area contributed by atoms with Crippen molar-refractivity contribution in [3.63, 3.8) is 0 Å². The molecule has 1 aromatic rings. The van der Waals surface area contributed by atoms with E-state index in [1.54, 1.807) is 52.1 Å². The molecule has 2 unspecified atom stereocenters. The summed E-state index contributed by atoms with van der Waals surface area (Å²) in [6.07, 6.45) is 8.02. The fourth-order valence-corrected chi connectivity index (χ4v) is 7.37. The molecule has 2 bridgehead atoms. The number of carbonyl (C=O) groups is 3. The molecule has 3 aliphatic rings. The highest BCUT2D eigenvalue weighted by Crippen LogP contribution is 2.64. The number of unbranched alkanes of at least 4 members (excludes halogenated alkanes) is 3. The Balaban J connectivity index is 1.78. The summed E-state index contributed by atoms with van der Waals surface area (Å²) in [6, 6.07) is 6.24. The smallest absolute Gasteiger partial charge is 0.253 e. The lowest BCUT2D eigenvalue weighted by Crippen LogP contribution is -2.56. The van der Waals surface area contributed by atoms with Gasteiger partial charge in [-0.25, -0.2) is 0 Å². The Hall–Kier alpha value is -2.68. The van der Waals surface area contributed by atoms with E-state index in [1.807, 2.05) is 13.0 Å². The molecule has 1 aromatic carbocycles. The van der Waals surface area contributed by atoms with E-state index in [0.717, 1.165) is 12.8 Å². The van der Waals surface area contributed by atoms with Crippen molar-refractivity contribution in [2.45, 2.75) is 69.1 Å². The van der Waals surface area contributed by atoms with Gasteiger partial charge in [-0.3, -0.25) is 14.4 Å². The molecular weight excluding hydrogens is 530 g/mol. The molecule has 5 atom stereocenters. The van der Waals surface area contributed by atoms with Crippen LogP contribution in [-0.4, -0.2) is 83.2 Å². The predicted molar refractivity (Wildman–Crippen MR) is 156 cm³/mol. The van der Waals surface area contributed by atoms with Crippen molar-refractivity contribution >= 4 is 35.0 Å². The largest absolute Gasteiger partial charge is 0.396 e. The van der Waals surface area contributed by atoms with Crippen LogP contribution in [0.2, 0.25) is 5.02 Å². The van der Waals surface area contributed by atoms with Crippen LogP contribution in [0, 0.1) is 11.8 Å². The number of likely N-dealkylation sites (N-methyl/N-ethyl adjacent to an activating group) is 1. The number of nitrogens with zero attached hydrogens (tertiary/aromatic N) is 3. The number of aliphatic hydroxyl groups is 1. The molecule has 8 nitrogen and oxygen atoms in total. The van der Waals surface area contributed by atoms with Gasteiger partial charge in [-0.05, 0) is 44.2 Å². The van der Waals surface area contributed by atoms with Crippen LogP contribution in [-0.2, 0) is 19.1 Å². The Labute approximate surface area is 242 Å². The van der Waals surface area contributed by atoms with Gasteiger partial charge in [0.25, 0.3) is 5.91 Å². The van der Waals surface area contributed by atoms with Gasteiger partial charge in [0, 0.05) is 33.3 Å². The Morgan fingerprint density at radius 2 is 1.82 bits per heavy atom. The maximum atomic E-state index is 14.6. The number of carbonyl (C=O) groups excluding carboxylic acids is 3. The zero-order valence-corrected chi connectivity index (χ0v) is 24.4. The summed E-state index contributed by atoms with van der Waals surface area (Å²) in [5.74, 6) is -2.04. The molecule has 3 heterocycles. The molecule has 218 valence electrons. The van der Waals surface area contributed by atoms with Gasteiger partial charge >= 0.3 is 0 Å². The van der Waals surface area contributed by atoms with Gasteiger partial charge in [0.1, 0.15) is 11.6 Å². The molecule has 3 amide bonds. The third kappa shape index (κ3) is 4.99. The van der Waals surface area contributed by atoms with Crippen molar-refractivity contribution in [1.82, 2.24) is 9.80 Å². The average molecular weight is 572 g/mol. The number of fused-ring (bicyclic) bond motifs is 1. The number of ether oxygens (including phenoxy) is 1. The number of rotatable bonds is 14. The first kappa shape index (κ1) is 30.3. The zero-order chi connectivity index (χ0) is 29.1. The first-order chi connectivity index (χ1) is 19.2. The van der Waals surface area contributed by atoms with Gasteiger partial charge in [-0.1, -0.05) is 55.7 Å². The quantitative estimate of drug-likeness (QED) is 0.267. The summed E-state index contributed by atoms with van der Waals surface area (Å²) >= 11 is 6.55. The minimum Gasteiger partial charge on any atom is -0.396 e. The summed E-state index contributed by atoms with van der Waals surface area (Å²) in [4.78, 5) is 47.7. The van der Waals surface area contributed by atoms with Crippen LogP contribution in [0.5, 0.6) is 0 Å². The molecule has 4 rings (SSSR count). The van der Waals surface area contributed by atoms with Crippen molar-refractivity contribution in [3.05, 3.63) is 54.6 Å². The lowest BCUT2D eigenvalue weighted by atomic mass is 9.64. The fourth-order valence-electron chi connectivity index (χ4n) is 7.14. The van der Waals surface area contributed by atoms with E-state index in [9.17, 15) is 19.5 Å². The fraction of sp³-hybridized carbons (Fsp3) is 0.581. The maximum Gasteiger partial charge on any atom is 0.253 e. The Morgan fingerprint density at radius 1 is 1.12 bits per heavy atom. The predicted octanol–water partition coefficient (Wildman–Crippen LogP) is 4.21. The molecule has 1 spiro atoms. The highest BCUT2D eigenvalue weighted by Gasteiger charge is 2.78. The first-order valence-corrected chi connectivity index (χ1v) is 14.7. The maximum absolute atomic E-state index is 14.6. The van der Waals surface area contributed by atoms with Crippen molar-refractivity contribution in [2.24, 2.45) is 11.8 Å². The van der Waals surface area contributed by atoms with Crippen molar-refractivity contribution < 1.29 is 24.2 Å². The number of para-hydroxylation sites is 1. The summed E-state index contributed by atoms with van der Waals surface area (Å²) in [5, 5.41) is 9.60. The van der Waals surface area contributed by atoms with Crippen molar-refractivity contribution in [1.29, 1.82) is 0 Å². The Bertz CT molecular complexity index is 1140. The van der Waals surface area contributed by atoms with E-state index in [1.165, 1.54) is 0 Å².